The highest BCUT2D eigenvalue weighted by atomic mass is 16.6. The molecular formula is C13H32N2O. The van der Waals surface area contributed by atoms with E-state index in [-0.39, 0.29) is 15.7 Å². The van der Waals surface area contributed by atoms with E-state index in [0.717, 1.165) is 19.5 Å². The van der Waals surface area contributed by atoms with Gasteiger partial charge in [-0.25, -0.2) is 0 Å². The van der Waals surface area contributed by atoms with Gasteiger partial charge < -0.3 is 15.6 Å². The molecule has 3 heteroatoms. The van der Waals surface area contributed by atoms with E-state index in [1.54, 1.807) is 0 Å². The fourth-order valence-electron chi connectivity index (χ4n) is 1.12. The van der Waals surface area contributed by atoms with Gasteiger partial charge in [0.2, 0.25) is 0 Å². The summed E-state index contributed by atoms with van der Waals surface area (Å²) in [4.78, 5) is 0. The molecule has 1 saturated heterocycles. The quantitative estimate of drug-likeness (QED) is 0.515. The van der Waals surface area contributed by atoms with Gasteiger partial charge in [0.25, 0.3) is 0 Å². The average molecular weight is 232 g/mol. The lowest BCUT2D eigenvalue weighted by Gasteiger charge is -2.58. The number of nitrogens with two attached hydrogens (primary N) is 1. The maximum Gasteiger partial charge on any atom is 0.0904 e. The lowest BCUT2D eigenvalue weighted by atomic mass is 10.00. The second-order valence-corrected chi connectivity index (χ2v) is 6.23. The Kier molecular flexibility index (Phi) is 7.50. The van der Waals surface area contributed by atoms with Crippen molar-refractivity contribution in [2.45, 2.75) is 72.9 Å². The molecular weight excluding hydrogens is 200 g/mol. The Morgan fingerprint density at radius 2 is 1.19 bits per heavy atom. The molecule has 16 heavy (non-hydrogen) atoms. The van der Waals surface area contributed by atoms with Gasteiger partial charge in [0.05, 0.1) is 18.6 Å². The van der Waals surface area contributed by atoms with Crippen LogP contribution in [0.1, 0.15) is 61.8 Å². The predicted molar refractivity (Wildman–Crippen MR) is 73.0 cm³/mol. The second kappa shape index (κ2) is 6.58. The van der Waals surface area contributed by atoms with Crippen LogP contribution < -0.4 is 5.73 Å². The van der Waals surface area contributed by atoms with E-state index >= 15 is 0 Å². The molecule has 0 unspecified atom stereocenters. The van der Waals surface area contributed by atoms with Gasteiger partial charge in [0.1, 0.15) is 0 Å². The number of likely N-dealkylation sites (tertiary alicyclic amines) is 1. The minimum Gasteiger partial charge on any atom is -0.632 e. The highest BCUT2D eigenvalue weighted by Crippen LogP contribution is 2.30. The van der Waals surface area contributed by atoms with Crippen molar-refractivity contribution < 1.29 is 4.65 Å². The van der Waals surface area contributed by atoms with Crippen LogP contribution in [0, 0.1) is 5.21 Å². The minimum atomic E-state index is -0.0851. The first-order valence-electron chi connectivity index (χ1n) is 6.33. The molecule has 0 bridgehead atoms. The number of hydrogen-bond acceptors (Lipinski definition) is 2. The molecule has 0 aliphatic carbocycles. The molecule has 0 radical (unpaired) electrons. The van der Waals surface area contributed by atoms with Crippen LogP contribution in [0.15, 0.2) is 0 Å². The van der Waals surface area contributed by atoms with E-state index in [2.05, 4.69) is 0 Å². The van der Waals surface area contributed by atoms with Crippen LogP contribution in [-0.4, -0.2) is 28.8 Å². The Balaban J connectivity index is 0. The molecule has 1 rings (SSSR count). The molecule has 0 aromatic heterocycles. The zero-order chi connectivity index (χ0) is 13.6. The second-order valence-electron chi connectivity index (χ2n) is 6.23. The third-order valence-electron chi connectivity index (χ3n) is 2.26. The number of nitrogens with zero attached hydrogens (tertiary/aromatic N) is 1. The summed E-state index contributed by atoms with van der Waals surface area (Å²) in [5, 5.41) is 11.5. The number of hydrogen-bond donors (Lipinski definition) is 1. The van der Waals surface area contributed by atoms with Crippen LogP contribution in [0.2, 0.25) is 0 Å². The molecule has 1 fully saturated rings. The van der Waals surface area contributed by atoms with Gasteiger partial charge >= 0.3 is 0 Å². The third kappa shape index (κ3) is 8.08. The van der Waals surface area contributed by atoms with E-state index < -0.39 is 0 Å². The lowest BCUT2D eigenvalue weighted by Crippen LogP contribution is -2.63. The first-order valence-corrected chi connectivity index (χ1v) is 6.33. The van der Waals surface area contributed by atoms with Crippen LogP contribution in [0.5, 0.6) is 0 Å². The molecule has 2 N–H and O–H groups in total. The molecule has 1 aliphatic rings. The van der Waals surface area contributed by atoms with Crippen LogP contribution in [0.3, 0.4) is 0 Å². The largest absolute Gasteiger partial charge is 0.632 e. The van der Waals surface area contributed by atoms with E-state index in [0.29, 0.717) is 0 Å². The van der Waals surface area contributed by atoms with Crippen LogP contribution in [0.4, 0.5) is 0 Å². The summed E-state index contributed by atoms with van der Waals surface area (Å²) >= 11 is 0. The molecule has 0 aromatic carbocycles. The van der Waals surface area contributed by atoms with Gasteiger partial charge in [-0.2, -0.15) is 0 Å². The third-order valence-corrected chi connectivity index (χ3v) is 2.26. The van der Waals surface area contributed by atoms with Crippen LogP contribution in [0.25, 0.3) is 0 Å². The topological polar surface area (TPSA) is 49.1 Å². The van der Waals surface area contributed by atoms with Gasteiger partial charge in [-0.1, -0.05) is 13.8 Å². The molecule has 1 heterocycles. The van der Waals surface area contributed by atoms with Gasteiger partial charge in [-0.15, -0.1) is 0 Å². The Labute approximate surface area is 102 Å². The minimum absolute atomic E-state index is 0. The standard InChI is InChI=1S/C7H15NO.C4H11N.C2H6/c1-7(2,3)8(9)5-4-6-8;1-4(2,3)5;1-2/h4-6H2,1-3H3;5H2,1-3H3;1-2H3. The molecule has 100 valence electrons. The Morgan fingerprint density at radius 3 is 1.19 bits per heavy atom. The fourth-order valence-corrected chi connectivity index (χ4v) is 1.12. The van der Waals surface area contributed by atoms with Gasteiger partial charge in [0.15, 0.2) is 0 Å². The van der Waals surface area contributed by atoms with Crippen molar-refractivity contribution >= 4 is 0 Å². The Morgan fingerprint density at radius 1 is 0.938 bits per heavy atom. The van der Waals surface area contributed by atoms with Crippen LogP contribution >= 0.6 is 0 Å². The van der Waals surface area contributed by atoms with Crippen molar-refractivity contribution in [2.75, 3.05) is 13.1 Å². The van der Waals surface area contributed by atoms with E-state index in [1.807, 2.05) is 55.4 Å². The zero-order valence-corrected chi connectivity index (χ0v) is 12.6. The van der Waals surface area contributed by atoms with Crippen molar-refractivity contribution in [3.05, 3.63) is 5.21 Å². The molecule has 3 nitrogen and oxygen atoms in total. The number of hydroxylamine groups is 3. The first-order chi connectivity index (χ1) is 6.96. The van der Waals surface area contributed by atoms with E-state index in [1.165, 1.54) is 0 Å². The molecule has 0 amide bonds. The Hall–Kier alpha value is -0.120. The fraction of sp³-hybridized carbons (Fsp3) is 1.00. The van der Waals surface area contributed by atoms with Gasteiger partial charge in [-0.3, -0.25) is 0 Å². The Bertz CT molecular complexity index is 167. The molecule has 0 atom stereocenters. The zero-order valence-electron chi connectivity index (χ0n) is 12.6. The van der Waals surface area contributed by atoms with Crippen molar-refractivity contribution in [3.8, 4) is 0 Å². The number of quaternary nitrogens is 1. The smallest absolute Gasteiger partial charge is 0.0904 e. The summed E-state index contributed by atoms with van der Waals surface area (Å²) in [6, 6.07) is 0. The maximum atomic E-state index is 11.5. The number of rotatable bonds is 0. The van der Waals surface area contributed by atoms with Crippen LogP contribution in [-0.2, 0) is 0 Å². The predicted octanol–water partition coefficient (Wildman–Crippen LogP) is 3.27. The van der Waals surface area contributed by atoms with Gasteiger partial charge in [-0.05, 0) is 41.5 Å². The summed E-state index contributed by atoms with van der Waals surface area (Å²) in [6.07, 6.45) is 1.11. The average Bonchev–Trinajstić information content (AvgIpc) is 1.99. The SMILES string of the molecule is CC.CC(C)(C)N.CC(C)(C)[N+]1([O-])CCC1. The normalized spacial score (nSPS) is 18.4. The van der Waals surface area contributed by atoms with E-state index in [9.17, 15) is 5.21 Å². The molecule has 0 saturated carbocycles. The first kappa shape index (κ1) is 18.3. The summed E-state index contributed by atoms with van der Waals surface area (Å²) in [6.45, 7) is 17.6. The summed E-state index contributed by atoms with van der Waals surface area (Å²) in [5.74, 6) is 0. The summed E-state index contributed by atoms with van der Waals surface area (Å²) in [5.41, 5.74) is 5.27. The van der Waals surface area contributed by atoms with Crippen molar-refractivity contribution in [3.63, 3.8) is 0 Å². The summed E-state index contributed by atoms with van der Waals surface area (Å²) in [7, 11) is 0. The maximum absolute atomic E-state index is 11.5. The van der Waals surface area contributed by atoms with Crippen molar-refractivity contribution in [1.82, 2.24) is 0 Å². The van der Waals surface area contributed by atoms with E-state index in [4.69, 9.17) is 5.73 Å². The monoisotopic (exact) mass is 232 g/mol. The molecule has 1 aliphatic heterocycles. The van der Waals surface area contributed by atoms with Crippen molar-refractivity contribution in [1.29, 1.82) is 0 Å². The summed E-state index contributed by atoms with van der Waals surface area (Å²) < 4.78 is 0.0208. The highest BCUT2D eigenvalue weighted by molar-refractivity contribution is 4.69. The molecule has 0 spiro atoms. The lowest BCUT2D eigenvalue weighted by molar-refractivity contribution is -0.961. The van der Waals surface area contributed by atoms with Gasteiger partial charge in [0, 0.05) is 12.0 Å². The highest BCUT2D eigenvalue weighted by Gasteiger charge is 2.37. The molecule has 0 aromatic rings. The van der Waals surface area contributed by atoms with Crippen molar-refractivity contribution in [2.24, 2.45) is 5.73 Å².